The van der Waals surface area contributed by atoms with Crippen LogP contribution in [0.3, 0.4) is 0 Å². The summed E-state index contributed by atoms with van der Waals surface area (Å²) < 4.78 is 10.3. The van der Waals surface area contributed by atoms with Crippen LogP contribution in [0.25, 0.3) is 0 Å². The molecule has 1 N–H and O–H groups in total. The Morgan fingerprint density at radius 3 is 1.95 bits per heavy atom. The molecule has 1 aromatic carbocycles. The van der Waals surface area contributed by atoms with Gasteiger partial charge in [-0.2, -0.15) is 0 Å². The Hall–Kier alpha value is -2.24. The maximum absolute atomic E-state index is 12.6. The number of carbonyl (C=O) groups excluding carboxylic acids is 1. The maximum atomic E-state index is 12.6. The highest BCUT2D eigenvalue weighted by molar-refractivity contribution is 6.02. The van der Waals surface area contributed by atoms with Crippen molar-refractivity contribution < 1.29 is 24.2 Å². The Morgan fingerprint density at radius 2 is 1.60 bits per heavy atom. The second-order valence-corrected chi connectivity index (χ2v) is 4.77. The lowest BCUT2D eigenvalue weighted by Crippen LogP contribution is -2.50. The normalized spacial score (nSPS) is 10.8. The summed E-state index contributed by atoms with van der Waals surface area (Å²) in [6, 6.07) is 4.94. The number of hydrogen-bond acceptors (Lipinski definition) is 4. The van der Waals surface area contributed by atoms with E-state index in [-0.39, 0.29) is 5.56 Å². The third-order valence-corrected chi connectivity index (χ3v) is 3.31. The van der Waals surface area contributed by atoms with Gasteiger partial charge in [-0.1, -0.05) is 6.07 Å². The lowest BCUT2D eigenvalue weighted by molar-refractivity contribution is -0.147. The van der Waals surface area contributed by atoms with Crippen LogP contribution in [0, 0.1) is 0 Å². The molecule has 1 amide bonds. The van der Waals surface area contributed by atoms with Crippen LogP contribution < -0.4 is 9.47 Å². The zero-order valence-corrected chi connectivity index (χ0v) is 12.3. The second-order valence-electron chi connectivity index (χ2n) is 4.77. The number of nitrogens with zero attached hydrogens (tertiary/aromatic N) is 1. The van der Waals surface area contributed by atoms with Crippen LogP contribution in [0.5, 0.6) is 11.5 Å². The zero-order valence-electron chi connectivity index (χ0n) is 12.3. The van der Waals surface area contributed by atoms with E-state index in [2.05, 4.69) is 0 Å². The van der Waals surface area contributed by atoms with E-state index in [1.54, 1.807) is 18.2 Å². The molecule has 0 atom stereocenters. The van der Waals surface area contributed by atoms with Crippen LogP contribution in [-0.2, 0) is 4.79 Å². The molecule has 0 radical (unpaired) electrons. The molecule has 1 rings (SSSR count). The second kappa shape index (κ2) is 5.81. The summed E-state index contributed by atoms with van der Waals surface area (Å²) in [6.07, 6.45) is 0. The number of likely N-dealkylation sites (N-methyl/N-ethyl adjacent to an activating group) is 1. The molecule has 0 unspecified atom stereocenters. The molecule has 0 saturated heterocycles. The number of methoxy groups -OCH3 is 2. The van der Waals surface area contributed by atoms with Gasteiger partial charge >= 0.3 is 5.97 Å². The van der Waals surface area contributed by atoms with E-state index in [0.717, 1.165) is 4.90 Å². The highest BCUT2D eigenvalue weighted by atomic mass is 16.5. The number of carboxylic acids is 1. The molecular weight excluding hydrogens is 262 g/mol. The molecule has 0 aliphatic rings. The molecule has 6 nitrogen and oxygen atoms in total. The first kappa shape index (κ1) is 15.8. The molecule has 110 valence electrons. The molecule has 0 fully saturated rings. The predicted molar refractivity (Wildman–Crippen MR) is 73.4 cm³/mol. The van der Waals surface area contributed by atoms with Gasteiger partial charge in [-0.15, -0.1) is 0 Å². The lowest BCUT2D eigenvalue weighted by Gasteiger charge is -2.32. The summed E-state index contributed by atoms with van der Waals surface area (Å²) in [7, 11) is 4.31. The monoisotopic (exact) mass is 281 g/mol. The van der Waals surface area contributed by atoms with Gasteiger partial charge in [-0.05, 0) is 26.0 Å². The summed E-state index contributed by atoms with van der Waals surface area (Å²) in [4.78, 5) is 25.0. The van der Waals surface area contributed by atoms with Gasteiger partial charge < -0.3 is 19.5 Å². The Bertz CT molecular complexity index is 502. The number of carboxylic acid groups (broad SMARTS) is 1. The van der Waals surface area contributed by atoms with Gasteiger partial charge in [-0.3, -0.25) is 4.79 Å². The summed E-state index contributed by atoms with van der Waals surface area (Å²) in [5.74, 6) is -0.904. The largest absolute Gasteiger partial charge is 0.496 e. The Kier molecular flexibility index (Phi) is 4.60. The van der Waals surface area contributed by atoms with E-state index in [1.807, 2.05) is 0 Å². The molecule has 6 heteroatoms. The van der Waals surface area contributed by atoms with Crippen molar-refractivity contribution in [3.63, 3.8) is 0 Å². The fraction of sp³-hybridized carbons (Fsp3) is 0.429. The molecule has 0 bridgehead atoms. The summed E-state index contributed by atoms with van der Waals surface area (Å²) in [6.45, 7) is 2.91. The molecule has 0 saturated carbocycles. The average Bonchev–Trinajstić information content (AvgIpc) is 2.44. The molecule has 0 heterocycles. The summed E-state index contributed by atoms with van der Waals surface area (Å²) in [5, 5.41) is 9.20. The number of benzene rings is 1. The minimum Gasteiger partial charge on any atom is -0.496 e. The SMILES string of the molecule is COc1cccc(OC)c1C(=O)N(C)C(C)(C)C(=O)O. The van der Waals surface area contributed by atoms with Gasteiger partial charge in [0.15, 0.2) is 0 Å². The highest BCUT2D eigenvalue weighted by Gasteiger charge is 2.37. The molecule has 0 aromatic heterocycles. The van der Waals surface area contributed by atoms with Gasteiger partial charge in [0.2, 0.25) is 0 Å². The topological polar surface area (TPSA) is 76.1 Å². The summed E-state index contributed by atoms with van der Waals surface area (Å²) in [5.41, 5.74) is -1.14. The van der Waals surface area contributed by atoms with Crippen molar-refractivity contribution in [2.75, 3.05) is 21.3 Å². The minimum absolute atomic E-state index is 0.203. The van der Waals surface area contributed by atoms with E-state index in [4.69, 9.17) is 9.47 Å². The fourth-order valence-corrected chi connectivity index (χ4v) is 1.63. The van der Waals surface area contributed by atoms with Crippen LogP contribution in [0.2, 0.25) is 0 Å². The molecule has 20 heavy (non-hydrogen) atoms. The number of carbonyl (C=O) groups is 2. The summed E-state index contributed by atoms with van der Waals surface area (Å²) >= 11 is 0. The van der Waals surface area contributed by atoms with E-state index in [1.165, 1.54) is 35.1 Å². The predicted octanol–water partition coefficient (Wildman–Crippen LogP) is 1.64. The molecule has 0 aliphatic carbocycles. The van der Waals surface area contributed by atoms with Crippen molar-refractivity contribution >= 4 is 11.9 Å². The van der Waals surface area contributed by atoms with Crippen LogP contribution in [0.1, 0.15) is 24.2 Å². The molecule has 0 spiro atoms. The van der Waals surface area contributed by atoms with Crippen LogP contribution in [0.4, 0.5) is 0 Å². The zero-order chi connectivity index (χ0) is 15.5. The van der Waals surface area contributed by atoms with Crippen molar-refractivity contribution in [3.8, 4) is 11.5 Å². The highest BCUT2D eigenvalue weighted by Crippen LogP contribution is 2.31. The van der Waals surface area contributed by atoms with E-state index < -0.39 is 17.4 Å². The van der Waals surface area contributed by atoms with Crippen LogP contribution in [-0.4, -0.2) is 48.7 Å². The number of ether oxygens (including phenoxy) is 2. The first-order chi connectivity index (χ1) is 9.27. The minimum atomic E-state index is -1.34. The van der Waals surface area contributed by atoms with Crippen LogP contribution >= 0.6 is 0 Å². The van der Waals surface area contributed by atoms with Crippen molar-refractivity contribution in [3.05, 3.63) is 23.8 Å². The van der Waals surface area contributed by atoms with Gasteiger partial charge in [0, 0.05) is 7.05 Å². The van der Waals surface area contributed by atoms with Gasteiger partial charge in [-0.25, -0.2) is 4.79 Å². The lowest BCUT2D eigenvalue weighted by atomic mass is 10.0. The van der Waals surface area contributed by atoms with Gasteiger partial charge in [0.1, 0.15) is 22.6 Å². The van der Waals surface area contributed by atoms with Crippen molar-refractivity contribution in [1.82, 2.24) is 4.90 Å². The van der Waals surface area contributed by atoms with Crippen molar-refractivity contribution in [1.29, 1.82) is 0 Å². The fourth-order valence-electron chi connectivity index (χ4n) is 1.63. The number of aliphatic carboxylic acids is 1. The van der Waals surface area contributed by atoms with Gasteiger partial charge in [0.25, 0.3) is 5.91 Å². The smallest absolute Gasteiger partial charge is 0.329 e. The standard InChI is InChI=1S/C14H19NO5/c1-14(2,13(17)18)15(3)12(16)11-9(19-4)7-6-8-10(11)20-5/h6-8H,1-5H3,(H,17,18). The third-order valence-electron chi connectivity index (χ3n) is 3.31. The van der Waals surface area contributed by atoms with E-state index >= 15 is 0 Å². The van der Waals surface area contributed by atoms with E-state index in [9.17, 15) is 14.7 Å². The third kappa shape index (κ3) is 2.68. The Balaban J connectivity index is 3.31. The van der Waals surface area contributed by atoms with Crippen molar-refractivity contribution in [2.45, 2.75) is 19.4 Å². The molecule has 1 aromatic rings. The Morgan fingerprint density at radius 1 is 1.15 bits per heavy atom. The average molecular weight is 281 g/mol. The first-order valence-electron chi connectivity index (χ1n) is 6.00. The van der Waals surface area contributed by atoms with E-state index in [0.29, 0.717) is 11.5 Å². The quantitative estimate of drug-likeness (QED) is 0.888. The first-order valence-corrected chi connectivity index (χ1v) is 6.00. The number of rotatable bonds is 5. The Labute approximate surface area is 117 Å². The van der Waals surface area contributed by atoms with Crippen LogP contribution in [0.15, 0.2) is 18.2 Å². The number of hydrogen-bond donors (Lipinski definition) is 1. The number of amides is 1. The molecular formula is C14H19NO5. The van der Waals surface area contributed by atoms with Crippen molar-refractivity contribution in [2.24, 2.45) is 0 Å². The maximum Gasteiger partial charge on any atom is 0.329 e. The van der Waals surface area contributed by atoms with Gasteiger partial charge in [0.05, 0.1) is 14.2 Å². The molecule has 0 aliphatic heterocycles.